The molecule has 0 unspecified atom stereocenters. The second-order valence-corrected chi connectivity index (χ2v) is 7.46. The molecule has 26 heavy (non-hydrogen) atoms. The van der Waals surface area contributed by atoms with E-state index in [9.17, 15) is 8.42 Å². The zero-order valence-electron chi connectivity index (χ0n) is 13.9. The molecule has 8 nitrogen and oxygen atoms in total. The number of rotatable bonds is 4. The van der Waals surface area contributed by atoms with E-state index in [1.54, 1.807) is 18.3 Å². The molecule has 0 saturated carbocycles. The van der Waals surface area contributed by atoms with E-state index in [-0.39, 0.29) is 4.90 Å². The predicted molar refractivity (Wildman–Crippen MR) is 97.6 cm³/mol. The molecule has 3 aromatic rings. The molecule has 1 saturated heterocycles. The zero-order chi connectivity index (χ0) is 18.0. The molecule has 1 aliphatic heterocycles. The van der Waals surface area contributed by atoms with Crippen LogP contribution in [0.25, 0.3) is 10.9 Å². The zero-order valence-corrected chi connectivity index (χ0v) is 14.7. The lowest BCUT2D eigenvalue weighted by atomic mass is 10.2. The van der Waals surface area contributed by atoms with Crippen LogP contribution >= 0.6 is 0 Å². The summed E-state index contributed by atoms with van der Waals surface area (Å²) in [4.78, 5) is 14.8. The molecule has 2 aromatic heterocycles. The van der Waals surface area contributed by atoms with Crippen LogP contribution in [0, 0.1) is 0 Å². The van der Waals surface area contributed by atoms with Crippen LogP contribution in [0.2, 0.25) is 0 Å². The van der Waals surface area contributed by atoms with Gasteiger partial charge in [0.05, 0.1) is 36.8 Å². The topological polar surface area (TPSA) is 97.3 Å². The highest BCUT2D eigenvalue weighted by atomic mass is 32.2. The summed E-state index contributed by atoms with van der Waals surface area (Å²) in [6.45, 7) is 2.69. The van der Waals surface area contributed by atoms with Gasteiger partial charge in [-0.25, -0.2) is 18.4 Å². The lowest BCUT2D eigenvalue weighted by Gasteiger charge is -2.26. The monoisotopic (exact) mass is 371 g/mol. The smallest absolute Gasteiger partial charge is 0.264 e. The fourth-order valence-corrected chi connectivity index (χ4v) is 4.01. The minimum absolute atomic E-state index is 0.118. The molecule has 134 valence electrons. The second kappa shape index (κ2) is 6.85. The summed E-state index contributed by atoms with van der Waals surface area (Å²) in [5.41, 5.74) is 0.725. The number of aromatic nitrogens is 3. The highest BCUT2D eigenvalue weighted by Gasteiger charge is 2.19. The van der Waals surface area contributed by atoms with Crippen molar-refractivity contribution in [3.8, 4) is 0 Å². The van der Waals surface area contributed by atoms with Gasteiger partial charge in [0.15, 0.2) is 0 Å². The summed E-state index contributed by atoms with van der Waals surface area (Å²) in [7, 11) is -3.80. The maximum Gasteiger partial charge on any atom is 0.264 e. The first kappa shape index (κ1) is 16.7. The van der Waals surface area contributed by atoms with Crippen molar-refractivity contribution in [3.05, 3.63) is 48.9 Å². The van der Waals surface area contributed by atoms with Crippen LogP contribution < -0.4 is 9.62 Å². The quantitative estimate of drug-likeness (QED) is 0.745. The largest absolute Gasteiger partial charge is 0.378 e. The van der Waals surface area contributed by atoms with E-state index in [1.807, 2.05) is 17.0 Å². The predicted octanol–water partition coefficient (Wildman–Crippen LogP) is 1.66. The highest BCUT2D eigenvalue weighted by molar-refractivity contribution is 7.93. The van der Waals surface area contributed by atoms with Crippen LogP contribution in [-0.4, -0.2) is 49.7 Å². The van der Waals surface area contributed by atoms with Crippen molar-refractivity contribution in [1.29, 1.82) is 0 Å². The van der Waals surface area contributed by atoms with Crippen LogP contribution in [0.15, 0.2) is 53.8 Å². The first-order valence-electron chi connectivity index (χ1n) is 8.15. The number of hydrogen-bond acceptors (Lipinski definition) is 7. The van der Waals surface area contributed by atoms with E-state index in [2.05, 4.69) is 19.7 Å². The fraction of sp³-hybridized carbons (Fsp3) is 0.235. The number of sulfonamides is 1. The van der Waals surface area contributed by atoms with Gasteiger partial charge in [0, 0.05) is 24.7 Å². The van der Waals surface area contributed by atoms with Crippen molar-refractivity contribution in [3.63, 3.8) is 0 Å². The molecular weight excluding hydrogens is 354 g/mol. The summed E-state index contributed by atoms with van der Waals surface area (Å²) in [5, 5.41) is 0.759. The van der Waals surface area contributed by atoms with E-state index >= 15 is 0 Å². The lowest BCUT2D eigenvalue weighted by molar-refractivity contribution is 0.122. The first-order chi connectivity index (χ1) is 12.6. The average molecular weight is 371 g/mol. The van der Waals surface area contributed by atoms with Crippen molar-refractivity contribution in [1.82, 2.24) is 15.0 Å². The molecule has 0 spiro atoms. The summed E-state index contributed by atoms with van der Waals surface area (Å²) in [6, 6.07) is 8.63. The van der Waals surface area contributed by atoms with Crippen LogP contribution in [0.3, 0.4) is 0 Å². The molecule has 0 radical (unpaired) electrons. The summed E-state index contributed by atoms with van der Waals surface area (Å²) in [6.07, 6.45) is 4.50. The number of para-hydroxylation sites is 1. The molecule has 0 amide bonds. The number of nitrogens with zero attached hydrogens (tertiary/aromatic N) is 4. The van der Waals surface area contributed by atoms with Crippen molar-refractivity contribution < 1.29 is 13.2 Å². The molecule has 0 bridgehead atoms. The molecule has 3 heterocycles. The Hall–Kier alpha value is -2.78. The Labute approximate surface area is 150 Å². The molecule has 1 aromatic carbocycles. The molecule has 9 heteroatoms. The van der Waals surface area contributed by atoms with Gasteiger partial charge in [-0.15, -0.1) is 0 Å². The maximum atomic E-state index is 12.8. The Morgan fingerprint density at radius 1 is 1.00 bits per heavy atom. The lowest BCUT2D eigenvalue weighted by Crippen LogP contribution is -2.37. The standard InChI is InChI=1S/C17H17N5O3S/c23-26(24,15-5-1-3-13-4-2-6-18-16(13)15)21-14-11-19-17(20-12-14)22-7-9-25-10-8-22/h1-6,11-12,21H,7-10H2. The van der Waals surface area contributed by atoms with Gasteiger partial charge >= 0.3 is 0 Å². The van der Waals surface area contributed by atoms with Gasteiger partial charge in [-0.1, -0.05) is 18.2 Å². The van der Waals surface area contributed by atoms with Crippen LogP contribution in [0.4, 0.5) is 11.6 Å². The van der Waals surface area contributed by atoms with Crippen LogP contribution in [0.5, 0.6) is 0 Å². The maximum absolute atomic E-state index is 12.8. The SMILES string of the molecule is O=S(=O)(Nc1cnc(N2CCOCC2)nc1)c1cccc2cccnc12. The minimum atomic E-state index is -3.80. The van der Waals surface area contributed by atoms with Gasteiger partial charge in [-0.3, -0.25) is 9.71 Å². The van der Waals surface area contributed by atoms with E-state index in [1.165, 1.54) is 18.5 Å². The van der Waals surface area contributed by atoms with Crippen molar-refractivity contribution in [2.75, 3.05) is 35.9 Å². The van der Waals surface area contributed by atoms with Gasteiger partial charge in [0.1, 0.15) is 4.90 Å². The van der Waals surface area contributed by atoms with Gasteiger partial charge < -0.3 is 9.64 Å². The summed E-state index contributed by atoms with van der Waals surface area (Å²) < 4.78 is 33.4. The van der Waals surface area contributed by atoms with Crippen LogP contribution in [-0.2, 0) is 14.8 Å². The highest BCUT2D eigenvalue weighted by Crippen LogP contribution is 2.23. The second-order valence-electron chi connectivity index (χ2n) is 5.81. The Bertz CT molecular complexity index is 1010. The van der Waals surface area contributed by atoms with E-state index < -0.39 is 10.0 Å². The number of ether oxygens (including phenoxy) is 1. The van der Waals surface area contributed by atoms with Gasteiger partial charge in [0.25, 0.3) is 10.0 Å². The number of morpholine rings is 1. The third-order valence-electron chi connectivity index (χ3n) is 4.07. The fourth-order valence-electron chi connectivity index (χ4n) is 2.80. The molecule has 4 rings (SSSR count). The number of hydrogen-bond donors (Lipinski definition) is 1. The molecule has 1 fully saturated rings. The van der Waals surface area contributed by atoms with E-state index in [0.717, 1.165) is 5.39 Å². The van der Waals surface area contributed by atoms with Crippen molar-refractivity contribution in [2.45, 2.75) is 4.90 Å². The Morgan fingerprint density at radius 3 is 2.50 bits per heavy atom. The molecular formula is C17H17N5O3S. The summed E-state index contributed by atoms with van der Waals surface area (Å²) in [5.74, 6) is 0.558. The first-order valence-corrected chi connectivity index (χ1v) is 9.63. The Morgan fingerprint density at radius 2 is 1.73 bits per heavy atom. The normalized spacial score (nSPS) is 15.2. The Kier molecular flexibility index (Phi) is 4.39. The van der Waals surface area contributed by atoms with Crippen LogP contribution in [0.1, 0.15) is 0 Å². The third-order valence-corrected chi connectivity index (χ3v) is 5.48. The van der Waals surface area contributed by atoms with Gasteiger partial charge in [-0.05, 0) is 12.1 Å². The van der Waals surface area contributed by atoms with Gasteiger partial charge in [0.2, 0.25) is 5.95 Å². The van der Waals surface area contributed by atoms with Crippen molar-refractivity contribution in [2.24, 2.45) is 0 Å². The third kappa shape index (κ3) is 3.31. The summed E-state index contributed by atoms with van der Waals surface area (Å²) >= 11 is 0. The molecule has 1 N–H and O–H groups in total. The number of pyridine rings is 1. The average Bonchev–Trinajstić information content (AvgIpc) is 2.68. The molecule has 0 atom stereocenters. The number of benzene rings is 1. The molecule has 0 aliphatic carbocycles. The number of nitrogens with one attached hydrogen (secondary N) is 1. The Balaban J connectivity index is 1.59. The number of anilines is 2. The number of fused-ring (bicyclic) bond motifs is 1. The van der Waals surface area contributed by atoms with Gasteiger partial charge in [-0.2, -0.15) is 0 Å². The van der Waals surface area contributed by atoms with Crippen molar-refractivity contribution >= 4 is 32.6 Å². The molecule has 1 aliphatic rings. The minimum Gasteiger partial charge on any atom is -0.378 e. The van der Waals surface area contributed by atoms with E-state index in [0.29, 0.717) is 43.5 Å². The van der Waals surface area contributed by atoms with E-state index in [4.69, 9.17) is 4.74 Å².